The topological polar surface area (TPSA) is 103 Å². The number of nitrogens with one attached hydrogen (secondary N) is 2. The van der Waals surface area contributed by atoms with Crippen LogP contribution in [0.1, 0.15) is 56.1 Å². The zero-order chi connectivity index (χ0) is 24.1. The lowest BCUT2D eigenvalue weighted by molar-refractivity contribution is -0.148. The number of amides is 2. The van der Waals surface area contributed by atoms with E-state index >= 15 is 0 Å². The minimum Gasteiger partial charge on any atom is -0.496 e. The Morgan fingerprint density at radius 3 is 2.50 bits per heavy atom. The van der Waals surface area contributed by atoms with E-state index in [2.05, 4.69) is 5.32 Å². The van der Waals surface area contributed by atoms with Gasteiger partial charge in [0, 0.05) is 24.5 Å². The maximum Gasteiger partial charge on any atom is 0.259 e. The quantitative estimate of drug-likeness (QED) is 0.447. The summed E-state index contributed by atoms with van der Waals surface area (Å²) in [5.74, 6) is -0.175. The summed E-state index contributed by atoms with van der Waals surface area (Å²) in [6.07, 6.45) is 7.83. The molecule has 0 aromatic heterocycles. The Bertz CT molecular complexity index is 997. The molecule has 0 fully saturated rings. The zero-order valence-corrected chi connectivity index (χ0v) is 19.7. The Kier molecular flexibility index (Phi) is 8.16. The van der Waals surface area contributed by atoms with Crippen LogP contribution in [-0.2, 0) is 17.8 Å². The fraction of sp³-hybridized carbons (Fsp3) is 0.400. The van der Waals surface area contributed by atoms with Gasteiger partial charge in [-0.2, -0.15) is 0 Å². The monoisotopic (exact) mass is 439 g/mol. The van der Waals surface area contributed by atoms with Crippen LogP contribution in [0.25, 0.3) is 0 Å². The van der Waals surface area contributed by atoms with E-state index in [0.29, 0.717) is 42.2 Å². The van der Waals surface area contributed by atoms with Crippen molar-refractivity contribution in [3.05, 3.63) is 64.4 Å². The fourth-order valence-electron chi connectivity index (χ4n) is 3.52. The molecule has 172 valence electrons. The Morgan fingerprint density at radius 1 is 1.25 bits per heavy atom. The van der Waals surface area contributed by atoms with E-state index in [0.717, 1.165) is 16.7 Å². The number of carbonyl (C=O) groups excluding carboxylic acids is 2. The maximum atomic E-state index is 12.9. The number of rotatable bonds is 7. The largest absolute Gasteiger partial charge is 0.496 e. The molecule has 7 heteroatoms. The molecule has 1 aromatic rings. The highest BCUT2D eigenvalue weighted by Gasteiger charge is 2.32. The second-order valence-corrected chi connectivity index (χ2v) is 8.39. The molecular weight excluding hydrogens is 406 g/mol. The van der Waals surface area contributed by atoms with Gasteiger partial charge in [0.1, 0.15) is 11.4 Å². The molecule has 0 unspecified atom stereocenters. The first-order chi connectivity index (χ1) is 15.0. The van der Waals surface area contributed by atoms with E-state index in [1.807, 2.05) is 25.1 Å². The molecule has 0 atom stereocenters. The lowest BCUT2D eigenvalue weighted by Crippen LogP contribution is -2.47. The van der Waals surface area contributed by atoms with Crippen LogP contribution in [0.2, 0.25) is 0 Å². The van der Waals surface area contributed by atoms with Crippen molar-refractivity contribution < 1.29 is 19.4 Å². The molecule has 2 rings (SSSR count). The summed E-state index contributed by atoms with van der Waals surface area (Å²) in [7, 11) is 1.52. The Labute approximate surface area is 190 Å². The first kappa shape index (κ1) is 25.1. The van der Waals surface area contributed by atoms with Crippen molar-refractivity contribution in [3.63, 3.8) is 0 Å². The van der Waals surface area contributed by atoms with Crippen LogP contribution in [0.4, 0.5) is 0 Å². The van der Waals surface area contributed by atoms with Crippen LogP contribution < -0.4 is 10.1 Å². The third kappa shape index (κ3) is 6.17. The lowest BCUT2D eigenvalue weighted by Gasteiger charge is -2.33. The molecule has 0 spiro atoms. The molecule has 1 aromatic carbocycles. The van der Waals surface area contributed by atoms with Crippen LogP contribution in [-0.4, -0.2) is 46.8 Å². The van der Waals surface area contributed by atoms with Gasteiger partial charge in [-0.15, -0.1) is 0 Å². The molecule has 7 nitrogen and oxygen atoms in total. The normalized spacial score (nSPS) is 14.9. The van der Waals surface area contributed by atoms with Crippen molar-refractivity contribution in [1.82, 2.24) is 10.2 Å². The van der Waals surface area contributed by atoms with E-state index < -0.39 is 5.60 Å². The molecule has 0 aliphatic carbocycles. The number of methoxy groups -OCH3 is 1. The van der Waals surface area contributed by atoms with Gasteiger partial charge in [0.25, 0.3) is 11.8 Å². The smallest absolute Gasteiger partial charge is 0.259 e. The summed E-state index contributed by atoms with van der Waals surface area (Å²) in [4.78, 5) is 27.0. The van der Waals surface area contributed by atoms with Crippen molar-refractivity contribution >= 4 is 17.5 Å². The van der Waals surface area contributed by atoms with E-state index in [1.54, 1.807) is 37.0 Å². The summed E-state index contributed by atoms with van der Waals surface area (Å²) in [5, 5.41) is 20.6. The van der Waals surface area contributed by atoms with Gasteiger partial charge < -0.3 is 25.5 Å². The molecule has 0 bridgehead atoms. The second-order valence-electron chi connectivity index (χ2n) is 8.39. The van der Waals surface area contributed by atoms with Crippen LogP contribution in [0.3, 0.4) is 0 Å². The van der Waals surface area contributed by atoms with Crippen molar-refractivity contribution in [3.8, 4) is 5.75 Å². The first-order valence-electron chi connectivity index (χ1n) is 10.6. The molecular formula is C25H33N3O4. The molecule has 1 aliphatic rings. The molecule has 0 saturated heterocycles. The van der Waals surface area contributed by atoms with Crippen LogP contribution in [0.5, 0.6) is 5.75 Å². The summed E-state index contributed by atoms with van der Waals surface area (Å²) in [6.45, 7) is 9.15. The molecule has 0 radical (unpaired) electrons. The Balaban J connectivity index is 2.23. The highest BCUT2D eigenvalue weighted by atomic mass is 16.5. The zero-order valence-electron chi connectivity index (χ0n) is 19.7. The van der Waals surface area contributed by atoms with Crippen LogP contribution in [0.15, 0.2) is 47.7 Å². The number of fused-ring (bicyclic) bond motifs is 1. The maximum absolute atomic E-state index is 12.9. The third-order valence-corrected chi connectivity index (χ3v) is 5.27. The van der Waals surface area contributed by atoms with Gasteiger partial charge in [0.15, 0.2) is 0 Å². The van der Waals surface area contributed by atoms with Gasteiger partial charge in [-0.3, -0.25) is 9.59 Å². The number of hydrogen-bond donors (Lipinski definition) is 3. The van der Waals surface area contributed by atoms with Crippen LogP contribution >= 0.6 is 0 Å². The minimum absolute atomic E-state index is 0.313. The number of nitrogens with zero attached hydrogens (tertiary/aromatic N) is 1. The van der Waals surface area contributed by atoms with Gasteiger partial charge in [-0.25, -0.2) is 0 Å². The van der Waals surface area contributed by atoms with E-state index in [-0.39, 0.29) is 11.8 Å². The average Bonchev–Trinajstić information content (AvgIpc) is 2.73. The van der Waals surface area contributed by atoms with Crippen molar-refractivity contribution in [1.29, 1.82) is 5.41 Å². The average molecular weight is 440 g/mol. The van der Waals surface area contributed by atoms with Gasteiger partial charge in [-0.05, 0) is 75.9 Å². The van der Waals surface area contributed by atoms with Gasteiger partial charge in [0.2, 0.25) is 0 Å². The SMILES string of the molecule is C\C=C(/C=C\C=C(/C)NC(=O)c1cc2c(cc1OC)CCN(C(=O)C(C)(C)O)C2)C(C)=N. The number of benzene rings is 1. The van der Waals surface area contributed by atoms with Gasteiger partial charge in [-0.1, -0.05) is 18.2 Å². The number of aliphatic hydroxyl groups is 1. The molecule has 2 amide bonds. The second kappa shape index (κ2) is 10.4. The Hall–Kier alpha value is -3.19. The minimum atomic E-state index is -1.44. The van der Waals surface area contributed by atoms with E-state index in [9.17, 15) is 14.7 Å². The van der Waals surface area contributed by atoms with Crippen molar-refractivity contribution in [2.75, 3.05) is 13.7 Å². The molecule has 1 heterocycles. The van der Waals surface area contributed by atoms with E-state index in [4.69, 9.17) is 10.1 Å². The summed E-state index contributed by atoms with van der Waals surface area (Å²) >= 11 is 0. The summed E-state index contributed by atoms with van der Waals surface area (Å²) in [6, 6.07) is 3.60. The third-order valence-electron chi connectivity index (χ3n) is 5.27. The van der Waals surface area contributed by atoms with Gasteiger partial charge in [0.05, 0.1) is 12.7 Å². The van der Waals surface area contributed by atoms with Crippen molar-refractivity contribution in [2.45, 2.75) is 53.2 Å². The molecule has 3 N–H and O–H groups in total. The Morgan fingerprint density at radius 2 is 1.94 bits per heavy atom. The fourth-order valence-corrected chi connectivity index (χ4v) is 3.52. The predicted octanol–water partition coefficient (Wildman–Crippen LogP) is 3.53. The van der Waals surface area contributed by atoms with E-state index in [1.165, 1.54) is 21.0 Å². The number of carbonyl (C=O) groups is 2. The number of hydrogen-bond acceptors (Lipinski definition) is 5. The standard InChI is InChI=1S/C25H33N3O4/c1-7-18(17(3)26)10-8-9-16(2)27-23(29)21-13-20-15-28(24(30)25(4,5)31)12-11-19(20)14-22(21)32-6/h7-10,13-14,26,31H,11-12,15H2,1-6H3,(H,27,29)/b10-8-,16-9+,18-7+,26-17?. The van der Waals surface area contributed by atoms with Crippen molar-refractivity contribution in [2.24, 2.45) is 0 Å². The highest BCUT2D eigenvalue weighted by molar-refractivity contribution is 5.99. The first-order valence-corrected chi connectivity index (χ1v) is 10.6. The molecule has 0 saturated carbocycles. The summed E-state index contributed by atoms with van der Waals surface area (Å²) < 4.78 is 5.45. The predicted molar refractivity (Wildman–Crippen MR) is 126 cm³/mol. The number of allylic oxidation sites excluding steroid dienone is 6. The molecule has 32 heavy (non-hydrogen) atoms. The van der Waals surface area contributed by atoms with Gasteiger partial charge >= 0.3 is 0 Å². The highest BCUT2D eigenvalue weighted by Crippen LogP contribution is 2.29. The lowest BCUT2D eigenvalue weighted by atomic mass is 9.95. The summed E-state index contributed by atoms with van der Waals surface area (Å²) in [5.41, 5.74) is 2.74. The number of ether oxygens (including phenoxy) is 1. The van der Waals surface area contributed by atoms with Crippen LogP contribution in [0, 0.1) is 5.41 Å². The molecule has 1 aliphatic heterocycles.